The standard InChI is InChI=1S/C29H38ClN5O5/c1-16-13-20(11-12-35(16)28(36)39-29(5,6)7)31-26-17(2)25(24-18(3)34-40-19(24)4)32-27(33-26)22-14-21(38-15-37-8)9-10-23(22)30/h9-10,14,16,20H,11-13,15H2,1-8H3,(H,31,32,33). The zero-order valence-corrected chi connectivity index (χ0v) is 25.2. The highest BCUT2D eigenvalue weighted by atomic mass is 35.5. The second kappa shape index (κ2) is 12.0. The molecule has 1 aliphatic rings. The molecule has 3 aromatic rings. The second-order valence-electron chi connectivity index (χ2n) is 11.1. The number of nitrogens with one attached hydrogen (secondary N) is 1. The molecule has 1 fully saturated rings. The van der Waals surface area contributed by atoms with E-state index in [1.54, 1.807) is 30.2 Å². The van der Waals surface area contributed by atoms with Gasteiger partial charge in [-0.3, -0.25) is 0 Å². The highest BCUT2D eigenvalue weighted by molar-refractivity contribution is 6.33. The van der Waals surface area contributed by atoms with Crippen LogP contribution in [0.3, 0.4) is 0 Å². The van der Waals surface area contributed by atoms with Gasteiger partial charge in [-0.05, 0) is 79.5 Å². The SMILES string of the molecule is COCOc1ccc(Cl)c(-c2nc(NC3CCN(C(=O)OC(C)(C)C)C(C)C3)c(C)c(-c3c(C)noc3C)n2)c1. The van der Waals surface area contributed by atoms with E-state index >= 15 is 0 Å². The lowest BCUT2D eigenvalue weighted by Gasteiger charge is -2.38. The number of benzene rings is 1. The largest absolute Gasteiger partial charge is 0.468 e. The van der Waals surface area contributed by atoms with Gasteiger partial charge < -0.3 is 29.0 Å². The molecule has 1 N–H and O–H groups in total. The van der Waals surface area contributed by atoms with Crippen molar-refractivity contribution in [1.82, 2.24) is 20.0 Å². The average Bonchev–Trinajstić information content (AvgIpc) is 3.21. The normalized spacial score (nSPS) is 17.6. The number of aromatic nitrogens is 3. The number of anilines is 1. The van der Waals surface area contributed by atoms with Gasteiger partial charge in [-0.25, -0.2) is 14.8 Å². The van der Waals surface area contributed by atoms with Crippen LogP contribution in [0.5, 0.6) is 5.75 Å². The maximum atomic E-state index is 12.7. The maximum absolute atomic E-state index is 12.7. The van der Waals surface area contributed by atoms with E-state index in [0.29, 0.717) is 46.0 Å². The smallest absolute Gasteiger partial charge is 0.410 e. The number of carbonyl (C=O) groups excluding carboxylic acids is 1. The van der Waals surface area contributed by atoms with Crippen molar-refractivity contribution in [1.29, 1.82) is 0 Å². The molecular formula is C29H38ClN5O5. The van der Waals surface area contributed by atoms with Crippen LogP contribution in [0.15, 0.2) is 22.7 Å². The van der Waals surface area contributed by atoms with Crippen LogP contribution >= 0.6 is 11.6 Å². The Morgan fingerprint density at radius 2 is 1.98 bits per heavy atom. The third-order valence-corrected chi connectivity index (χ3v) is 7.11. The number of halogens is 1. The van der Waals surface area contributed by atoms with E-state index < -0.39 is 5.60 Å². The Kier molecular flexibility index (Phi) is 8.90. The molecule has 2 unspecified atom stereocenters. The van der Waals surface area contributed by atoms with Gasteiger partial charge in [0.2, 0.25) is 0 Å². The topological polar surface area (TPSA) is 112 Å². The minimum atomic E-state index is -0.540. The van der Waals surface area contributed by atoms with E-state index in [1.165, 1.54) is 0 Å². The minimum Gasteiger partial charge on any atom is -0.468 e. The highest BCUT2D eigenvalue weighted by Gasteiger charge is 2.32. The van der Waals surface area contributed by atoms with Crippen LogP contribution in [0.1, 0.15) is 57.6 Å². The van der Waals surface area contributed by atoms with Crippen molar-refractivity contribution in [2.45, 2.75) is 79.0 Å². The van der Waals surface area contributed by atoms with Crippen molar-refractivity contribution in [3.8, 4) is 28.4 Å². The Bertz CT molecular complexity index is 1350. The molecule has 2 atom stereocenters. The molecule has 0 aliphatic carbocycles. The first-order valence-corrected chi connectivity index (χ1v) is 13.8. The Morgan fingerprint density at radius 1 is 1.23 bits per heavy atom. The number of hydrogen-bond donors (Lipinski definition) is 1. The highest BCUT2D eigenvalue weighted by Crippen LogP contribution is 2.37. The first-order chi connectivity index (χ1) is 18.9. The van der Waals surface area contributed by atoms with Crippen molar-refractivity contribution in [3.63, 3.8) is 0 Å². The van der Waals surface area contributed by atoms with Gasteiger partial charge in [-0.2, -0.15) is 0 Å². The number of ether oxygens (including phenoxy) is 3. The van der Waals surface area contributed by atoms with Crippen LogP contribution in [-0.4, -0.2) is 64.2 Å². The first kappa shape index (κ1) is 29.6. The molecule has 0 radical (unpaired) electrons. The summed E-state index contributed by atoms with van der Waals surface area (Å²) in [5.41, 5.74) is 3.21. The van der Waals surface area contributed by atoms with Crippen LogP contribution in [0.2, 0.25) is 5.02 Å². The van der Waals surface area contributed by atoms with Gasteiger partial charge in [0.05, 0.1) is 22.0 Å². The van der Waals surface area contributed by atoms with Crippen LogP contribution < -0.4 is 10.1 Å². The molecule has 4 rings (SSSR count). The molecule has 40 heavy (non-hydrogen) atoms. The summed E-state index contributed by atoms with van der Waals surface area (Å²) in [6.07, 6.45) is 1.19. The number of methoxy groups -OCH3 is 1. The summed E-state index contributed by atoms with van der Waals surface area (Å²) in [6.45, 7) is 14.1. The zero-order chi connectivity index (χ0) is 29.2. The number of hydrogen-bond acceptors (Lipinski definition) is 9. The molecule has 1 saturated heterocycles. The molecule has 1 aromatic carbocycles. The molecule has 1 aliphatic heterocycles. The predicted octanol–water partition coefficient (Wildman–Crippen LogP) is 6.56. The molecule has 10 nitrogen and oxygen atoms in total. The summed E-state index contributed by atoms with van der Waals surface area (Å²) in [7, 11) is 1.56. The minimum absolute atomic E-state index is 0.00574. The van der Waals surface area contributed by atoms with Crippen LogP contribution in [0.25, 0.3) is 22.6 Å². The molecule has 216 valence electrons. The Labute approximate surface area is 240 Å². The summed E-state index contributed by atoms with van der Waals surface area (Å²) in [5, 5.41) is 8.26. The fourth-order valence-corrected chi connectivity index (χ4v) is 5.03. The lowest BCUT2D eigenvalue weighted by molar-refractivity contribution is 0.0112. The Hall–Kier alpha value is -3.37. The van der Waals surface area contributed by atoms with Gasteiger partial charge in [0.15, 0.2) is 12.6 Å². The summed E-state index contributed by atoms with van der Waals surface area (Å²) < 4.78 is 21.8. The monoisotopic (exact) mass is 571 g/mol. The van der Waals surface area contributed by atoms with Gasteiger partial charge in [-0.15, -0.1) is 0 Å². The van der Waals surface area contributed by atoms with Crippen molar-refractivity contribution < 1.29 is 23.5 Å². The van der Waals surface area contributed by atoms with E-state index in [-0.39, 0.29) is 25.0 Å². The molecule has 0 spiro atoms. The molecule has 0 bridgehead atoms. The lowest BCUT2D eigenvalue weighted by atomic mass is 9.98. The van der Waals surface area contributed by atoms with Crippen molar-refractivity contribution in [2.75, 3.05) is 25.8 Å². The average molecular weight is 572 g/mol. The van der Waals surface area contributed by atoms with Crippen LogP contribution in [0, 0.1) is 20.8 Å². The molecular weight excluding hydrogens is 534 g/mol. The summed E-state index contributed by atoms with van der Waals surface area (Å²) in [5.74, 6) is 2.37. The van der Waals surface area contributed by atoms with Gasteiger partial charge in [0, 0.05) is 36.9 Å². The van der Waals surface area contributed by atoms with E-state index in [2.05, 4.69) is 10.5 Å². The molecule has 2 aromatic heterocycles. The van der Waals surface area contributed by atoms with Gasteiger partial charge in [0.1, 0.15) is 22.9 Å². The van der Waals surface area contributed by atoms with Crippen LogP contribution in [0.4, 0.5) is 10.6 Å². The third kappa shape index (κ3) is 6.67. The van der Waals surface area contributed by atoms with E-state index in [0.717, 1.165) is 29.7 Å². The molecule has 1 amide bonds. The third-order valence-electron chi connectivity index (χ3n) is 6.78. The number of amides is 1. The zero-order valence-electron chi connectivity index (χ0n) is 24.4. The fraction of sp³-hybridized carbons (Fsp3) is 0.517. The van der Waals surface area contributed by atoms with E-state index in [9.17, 15) is 4.79 Å². The Balaban J connectivity index is 1.69. The Morgan fingerprint density at radius 3 is 2.60 bits per heavy atom. The number of aryl methyl sites for hydroxylation is 2. The number of likely N-dealkylation sites (tertiary alicyclic amines) is 1. The number of carbonyl (C=O) groups is 1. The summed E-state index contributed by atoms with van der Waals surface area (Å²) >= 11 is 6.63. The predicted molar refractivity (Wildman–Crippen MR) is 154 cm³/mol. The first-order valence-electron chi connectivity index (χ1n) is 13.4. The maximum Gasteiger partial charge on any atom is 0.410 e. The van der Waals surface area contributed by atoms with Crippen molar-refractivity contribution in [2.24, 2.45) is 0 Å². The van der Waals surface area contributed by atoms with Crippen molar-refractivity contribution >= 4 is 23.5 Å². The van der Waals surface area contributed by atoms with Gasteiger partial charge >= 0.3 is 6.09 Å². The number of nitrogens with zero attached hydrogens (tertiary/aromatic N) is 4. The quantitative estimate of drug-likeness (QED) is 0.315. The van der Waals surface area contributed by atoms with E-state index in [1.807, 2.05) is 48.5 Å². The number of piperidine rings is 1. The van der Waals surface area contributed by atoms with E-state index in [4.69, 9.17) is 40.3 Å². The molecule has 0 saturated carbocycles. The second-order valence-corrected chi connectivity index (χ2v) is 11.6. The van der Waals surface area contributed by atoms with Gasteiger partial charge in [0.25, 0.3) is 0 Å². The van der Waals surface area contributed by atoms with Crippen molar-refractivity contribution in [3.05, 3.63) is 40.2 Å². The van der Waals surface area contributed by atoms with Crippen LogP contribution in [-0.2, 0) is 9.47 Å². The summed E-state index contributed by atoms with van der Waals surface area (Å²) in [6, 6.07) is 5.40. The number of rotatable bonds is 7. The fourth-order valence-electron chi connectivity index (χ4n) is 4.82. The molecule has 3 heterocycles. The van der Waals surface area contributed by atoms with Gasteiger partial charge in [-0.1, -0.05) is 16.8 Å². The lowest BCUT2D eigenvalue weighted by Crippen LogP contribution is -2.49. The summed E-state index contributed by atoms with van der Waals surface area (Å²) in [4.78, 5) is 24.4. The molecule has 11 heteroatoms.